The molecule has 1 saturated heterocycles. The van der Waals surface area contributed by atoms with Crippen molar-refractivity contribution in [1.82, 2.24) is 15.2 Å². The molecular weight excluding hydrogens is 378 g/mol. The van der Waals surface area contributed by atoms with Crippen molar-refractivity contribution in [2.45, 2.75) is 6.04 Å². The fourth-order valence-corrected chi connectivity index (χ4v) is 3.52. The molecule has 1 aromatic carbocycles. The Morgan fingerprint density at radius 1 is 1.25 bits per heavy atom. The van der Waals surface area contributed by atoms with Gasteiger partial charge >= 0.3 is 0 Å². The molecule has 1 aliphatic rings. The molecule has 0 saturated carbocycles. The number of pyridine rings is 1. The molecule has 0 radical (unpaired) electrons. The first-order chi connectivity index (χ1) is 13.6. The lowest BCUT2D eigenvalue weighted by Gasteiger charge is -2.35. The molecule has 1 fully saturated rings. The minimum Gasteiger partial charge on any atom is -0.493 e. The van der Waals surface area contributed by atoms with Crippen molar-refractivity contribution in [2.24, 2.45) is 0 Å². The van der Waals surface area contributed by atoms with Crippen LogP contribution in [0.1, 0.15) is 22.0 Å². The Bertz CT molecular complexity index is 865. The number of nitrogens with zero attached hydrogens (tertiary/aromatic N) is 1. The number of aromatic nitrogens is 1. The molecule has 1 atom stereocenters. The monoisotopic (exact) mass is 403 g/mol. The first kappa shape index (κ1) is 20.3. The standard InChI is InChI=1S/C20H25N3O4S/c1-25-17-6-5-14(12-18(17)26-2)16(23-8-10-27-11-9-23)13-22-19(24)15-4-3-7-21-20(15)28/h3-7,12,16H,8-11,13H2,1-2H3,(H,21,28)(H,22,24). The lowest BCUT2D eigenvalue weighted by Crippen LogP contribution is -2.43. The van der Waals surface area contributed by atoms with Crippen molar-refractivity contribution in [1.29, 1.82) is 0 Å². The van der Waals surface area contributed by atoms with E-state index in [0.717, 1.165) is 18.7 Å². The highest BCUT2D eigenvalue weighted by molar-refractivity contribution is 7.71. The summed E-state index contributed by atoms with van der Waals surface area (Å²) in [5, 5.41) is 3.02. The van der Waals surface area contributed by atoms with Crippen LogP contribution in [-0.4, -0.2) is 62.9 Å². The van der Waals surface area contributed by atoms with Gasteiger partial charge in [-0.25, -0.2) is 0 Å². The van der Waals surface area contributed by atoms with Crippen molar-refractivity contribution >= 4 is 18.1 Å². The van der Waals surface area contributed by atoms with Gasteiger partial charge in [0.15, 0.2) is 11.5 Å². The topological polar surface area (TPSA) is 75.8 Å². The Balaban J connectivity index is 1.82. The number of nitrogens with one attached hydrogen (secondary N) is 2. The molecular formula is C20H25N3O4S. The van der Waals surface area contributed by atoms with E-state index in [-0.39, 0.29) is 11.9 Å². The molecule has 150 valence electrons. The van der Waals surface area contributed by atoms with E-state index < -0.39 is 0 Å². The number of ether oxygens (including phenoxy) is 3. The maximum absolute atomic E-state index is 12.6. The van der Waals surface area contributed by atoms with E-state index in [2.05, 4.69) is 15.2 Å². The zero-order valence-electron chi connectivity index (χ0n) is 16.1. The summed E-state index contributed by atoms with van der Waals surface area (Å²) in [6.07, 6.45) is 1.71. The molecule has 3 rings (SSSR count). The van der Waals surface area contributed by atoms with E-state index >= 15 is 0 Å². The van der Waals surface area contributed by atoms with E-state index in [1.54, 1.807) is 32.5 Å². The van der Waals surface area contributed by atoms with Gasteiger partial charge in [-0.3, -0.25) is 9.69 Å². The second-order valence-corrected chi connectivity index (χ2v) is 6.81. The normalized spacial score (nSPS) is 15.6. The maximum Gasteiger partial charge on any atom is 0.254 e. The highest BCUT2D eigenvalue weighted by atomic mass is 32.1. The predicted octanol–water partition coefficient (Wildman–Crippen LogP) is 2.56. The summed E-state index contributed by atoms with van der Waals surface area (Å²) in [7, 11) is 3.23. The molecule has 7 nitrogen and oxygen atoms in total. The van der Waals surface area contributed by atoms with Crippen molar-refractivity contribution in [3.8, 4) is 11.5 Å². The van der Waals surface area contributed by atoms with Gasteiger partial charge in [0.2, 0.25) is 0 Å². The van der Waals surface area contributed by atoms with Crippen LogP contribution in [0.4, 0.5) is 0 Å². The quantitative estimate of drug-likeness (QED) is 0.692. The number of aromatic amines is 1. The van der Waals surface area contributed by atoms with E-state index in [1.165, 1.54) is 0 Å². The SMILES string of the molecule is COc1ccc(C(CNC(=O)c2ccc[nH]c2=S)N2CCOCC2)cc1OC. The summed E-state index contributed by atoms with van der Waals surface area (Å²) in [6.45, 7) is 3.36. The summed E-state index contributed by atoms with van der Waals surface area (Å²) in [5.74, 6) is 1.14. The van der Waals surface area contributed by atoms with Crippen molar-refractivity contribution in [3.63, 3.8) is 0 Å². The molecule has 2 heterocycles. The molecule has 0 spiro atoms. The van der Waals surface area contributed by atoms with E-state index in [9.17, 15) is 4.79 Å². The second-order valence-electron chi connectivity index (χ2n) is 6.40. The molecule has 1 aromatic heterocycles. The fraction of sp³-hybridized carbons (Fsp3) is 0.400. The van der Waals surface area contributed by atoms with Crippen LogP contribution in [0, 0.1) is 4.64 Å². The Morgan fingerprint density at radius 3 is 2.68 bits per heavy atom. The number of rotatable bonds is 7. The van der Waals surface area contributed by atoms with Gasteiger partial charge in [0.05, 0.1) is 39.0 Å². The largest absolute Gasteiger partial charge is 0.493 e. The number of carbonyl (C=O) groups excluding carboxylic acids is 1. The minimum atomic E-state index is -0.194. The molecule has 1 aliphatic heterocycles. The summed E-state index contributed by atoms with van der Waals surface area (Å²) in [5.41, 5.74) is 1.50. The predicted molar refractivity (Wildman–Crippen MR) is 109 cm³/mol. The average molecular weight is 404 g/mol. The third-order valence-corrected chi connectivity index (χ3v) is 5.14. The molecule has 2 aromatic rings. The molecule has 1 amide bonds. The number of carbonyl (C=O) groups is 1. The van der Waals surface area contributed by atoms with E-state index in [4.69, 9.17) is 26.4 Å². The Hall–Kier alpha value is -2.42. The van der Waals surface area contributed by atoms with Gasteiger partial charge in [-0.05, 0) is 29.8 Å². The number of amides is 1. The van der Waals surface area contributed by atoms with Crippen LogP contribution in [0.15, 0.2) is 36.5 Å². The molecule has 28 heavy (non-hydrogen) atoms. The van der Waals surface area contributed by atoms with Crippen LogP contribution in [0.2, 0.25) is 0 Å². The lowest BCUT2D eigenvalue weighted by molar-refractivity contribution is 0.0162. The van der Waals surface area contributed by atoms with Crippen LogP contribution in [-0.2, 0) is 4.74 Å². The third-order valence-electron chi connectivity index (χ3n) is 4.80. The van der Waals surface area contributed by atoms with Crippen LogP contribution in [0.5, 0.6) is 11.5 Å². The Labute approximate surface area is 169 Å². The van der Waals surface area contributed by atoms with Crippen molar-refractivity contribution < 1.29 is 19.0 Å². The van der Waals surface area contributed by atoms with Crippen molar-refractivity contribution in [3.05, 3.63) is 52.3 Å². The van der Waals surface area contributed by atoms with Gasteiger partial charge in [0.25, 0.3) is 5.91 Å². The first-order valence-corrected chi connectivity index (χ1v) is 9.54. The smallest absolute Gasteiger partial charge is 0.254 e. The van der Waals surface area contributed by atoms with Crippen molar-refractivity contribution in [2.75, 3.05) is 47.1 Å². The number of methoxy groups -OCH3 is 2. The van der Waals surface area contributed by atoms with E-state index in [0.29, 0.717) is 41.5 Å². The number of benzene rings is 1. The number of hydrogen-bond donors (Lipinski definition) is 2. The average Bonchev–Trinajstić information content (AvgIpc) is 2.74. The summed E-state index contributed by atoms with van der Waals surface area (Å²) in [6, 6.07) is 9.31. The third kappa shape index (κ3) is 4.70. The highest BCUT2D eigenvalue weighted by Gasteiger charge is 2.24. The number of morpholine rings is 1. The minimum absolute atomic E-state index is 0.0195. The van der Waals surface area contributed by atoms with Gasteiger partial charge in [0, 0.05) is 25.8 Å². The first-order valence-electron chi connectivity index (χ1n) is 9.13. The summed E-state index contributed by atoms with van der Waals surface area (Å²) in [4.78, 5) is 17.8. The summed E-state index contributed by atoms with van der Waals surface area (Å²) < 4.78 is 16.7. The summed E-state index contributed by atoms with van der Waals surface area (Å²) >= 11 is 5.21. The van der Waals surface area contributed by atoms with Gasteiger partial charge in [-0.1, -0.05) is 18.3 Å². The van der Waals surface area contributed by atoms with Gasteiger partial charge in [0.1, 0.15) is 4.64 Å². The Morgan fingerprint density at radius 2 is 2.00 bits per heavy atom. The van der Waals surface area contributed by atoms with Crippen LogP contribution >= 0.6 is 12.2 Å². The molecule has 2 N–H and O–H groups in total. The number of hydrogen-bond acceptors (Lipinski definition) is 6. The fourth-order valence-electron chi connectivity index (χ4n) is 3.29. The lowest BCUT2D eigenvalue weighted by atomic mass is 10.0. The van der Waals surface area contributed by atoms with Gasteiger partial charge < -0.3 is 24.5 Å². The van der Waals surface area contributed by atoms with Gasteiger partial charge in [-0.2, -0.15) is 0 Å². The molecule has 8 heteroatoms. The molecule has 1 unspecified atom stereocenters. The second kappa shape index (κ2) is 9.68. The molecule has 0 bridgehead atoms. The van der Waals surface area contributed by atoms with Crippen LogP contribution in [0.3, 0.4) is 0 Å². The van der Waals surface area contributed by atoms with E-state index in [1.807, 2.05) is 18.2 Å². The molecule has 0 aliphatic carbocycles. The zero-order valence-corrected chi connectivity index (χ0v) is 16.9. The Kier molecular flexibility index (Phi) is 7.02. The highest BCUT2D eigenvalue weighted by Crippen LogP contribution is 2.32. The maximum atomic E-state index is 12.6. The van der Waals surface area contributed by atoms with Gasteiger partial charge in [-0.15, -0.1) is 0 Å². The zero-order chi connectivity index (χ0) is 19.9. The van der Waals surface area contributed by atoms with Crippen LogP contribution in [0.25, 0.3) is 0 Å². The van der Waals surface area contributed by atoms with Crippen LogP contribution < -0.4 is 14.8 Å². The number of H-pyrrole nitrogens is 1.